The number of hydrogen-bond acceptors (Lipinski definition) is 5. The summed E-state index contributed by atoms with van der Waals surface area (Å²) < 4.78 is 11.6. The van der Waals surface area contributed by atoms with Gasteiger partial charge in [-0.25, -0.2) is 0 Å². The Kier molecular flexibility index (Phi) is 15.2. The van der Waals surface area contributed by atoms with E-state index in [4.69, 9.17) is 9.47 Å². The summed E-state index contributed by atoms with van der Waals surface area (Å²) in [6.07, 6.45) is 2.34. The zero-order chi connectivity index (χ0) is 24.7. The molecule has 1 rings (SSSR count). The van der Waals surface area contributed by atoms with E-state index in [1.165, 1.54) is 16.9 Å². The average molecular weight is 510 g/mol. The van der Waals surface area contributed by atoms with Crippen LogP contribution in [0.1, 0.15) is 39.7 Å². The molecular formula is C26H43NO3S2Si. The Morgan fingerprint density at radius 1 is 1.15 bits per heavy atom. The lowest BCUT2D eigenvalue weighted by Crippen LogP contribution is -2.29. The highest BCUT2D eigenvalue weighted by atomic mass is 33.1. The summed E-state index contributed by atoms with van der Waals surface area (Å²) >= 11 is 0. The molecule has 0 radical (unpaired) electrons. The maximum absolute atomic E-state index is 11.8. The van der Waals surface area contributed by atoms with Crippen LogP contribution in [0.5, 0.6) is 0 Å². The third-order valence-corrected chi connectivity index (χ3v) is 8.93. The highest BCUT2D eigenvalue weighted by molar-refractivity contribution is 8.76. The number of nitrogens with one attached hydrogen (secondary N) is 1. The van der Waals surface area contributed by atoms with Gasteiger partial charge in [0.15, 0.2) is 0 Å². The zero-order valence-corrected chi connectivity index (χ0v) is 24.2. The molecule has 1 atom stereocenters. The molecule has 0 aliphatic rings. The topological polar surface area (TPSA) is 47.6 Å². The number of aryl methyl sites for hydroxylation is 1. The molecule has 33 heavy (non-hydrogen) atoms. The number of hydrogen-bond donors (Lipinski definition) is 1. The fraction of sp³-hybridized carbons (Fsp3) is 0.654. The minimum Gasteiger partial charge on any atom is -0.369 e. The minimum atomic E-state index is -1.28. The molecular weight excluding hydrogens is 467 g/mol. The molecule has 7 heteroatoms. The van der Waals surface area contributed by atoms with Crippen molar-refractivity contribution in [1.29, 1.82) is 0 Å². The molecule has 0 fully saturated rings. The van der Waals surface area contributed by atoms with Crippen LogP contribution in [0.4, 0.5) is 0 Å². The summed E-state index contributed by atoms with van der Waals surface area (Å²) in [6, 6.07) is 9.93. The van der Waals surface area contributed by atoms with E-state index >= 15 is 0 Å². The van der Waals surface area contributed by atoms with Crippen molar-refractivity contribution in [2.24, 2.45) is 11.8 Å². The van der Waals surface area contributed by atoms with E-state index in [-0.39, 0.29) is 18.0 Å². The van der Waals surface area contributed by atoms with E-state index in [2.05, 4.69) is 74.9 Å². The van der Waals surface area contributed by atoms with Gasteiger partial charge in [-0.1, -0.05) is 92.9 Å². The van der Waals surface area contributed by atoms with Crippen LogP contribution in [-0.4, -0.2) is 45.8 Å². The van der Waals surface area contributed by atoms with Gasteiger partial charge in [-0.3, -0.25) is 4.79 Å². The Balaban J connectivity index is 2.41. The normalized spacial score (nSPS) is 12.5. The lowest BCUT2D eigenvalue weighted by Gasteiger charge is -2.24. The lowest BCUT2D eigenvalue weighted by atomic mass is 10.0. The second-order valence-corrected chi connectivity index (χ2v) is 18.1. The molecule has 4 nitrogen and oxygen atoms in total. The molecule has 0 aliphatic carbocycles. The van der Waals surface area contributed by atoms with Gasteiger partial charge in [0.05, 0.1) is 19.8 Å². The first-order valence-electron chi connectivity index (χ1n) is 11.9. The van der Waals surface area contributed by atoms with Gasteiger partial charge in [-0.05, 0) is 42.5 Å². The van der Waals surface area contributed by atoms with Gasteiger partial charge < -0.3 is 14.8 Å². The molecule has 0 bridgehead atoms. The van der Waals surface area contributed by atoms with Crippen molar-refractivity contribution < 1.29 is 14.3 Å². The van der Waals surface area contributed by atoms with Gasteiger partial charge in [-0.15, -0.1) is 0 Å². The van der Waals surface area contributed by atoms with Crippen molar-refractivity contribution in [3.63, 3.8) is 0 Å². The molecule has 1 amide bonds. The molecule has 0 spiro atoms. The van der Waals surface area contributed by atoms with E-state index < -0.39 is 8.07 Å². The average Bonchev–Trinajstić information content (AvgIpc) is 2.72. The number of benzene rings is 1. The summed E-state index contributed by atoms with van der Waals surface area (Å²) in [6.45, 7) is 17.0. The molecule has 1 unspecified atom stereocenters. The van der Waals surface area contributed by atoms with Gasteiger partial charge >= 0.3 is 0 Å². The van der Waals surface area contributed by atoms with Crippen LogP contribution < -0.4 is 5.32 Å². The predicted octanol–water partition coefficient (Wildman–Crippen LogP) is 6.49. The van der Waals surface area contributed by atoms with E-state index in [0.29, 0.717) is 25.7 Å². The molecule has 1 aromatic carbocycles. The summed E-state index contributed by atoms with van der Waals surface area (Å²) in [5.41, 5.74) is 1.52. The third-order valence-electron chi connectivity index (χ3n) is 4.47. The molecule has 0 saturated carbocycles. The van der Waals surface area contributed by atoms with Crippen molar-refractivity contribution in [2.75, 3.05) is 26.4 Å². The Labute approximate surface area is 211 Å². The number of carbonyl (C=O) groups excluding carboxylic acids is 1. The van der Waals surface area contributed by atoms with Gasteiger partial charge in [0.2, 0.25) is 5.91 Å². The van der Waals surface area contributed by atoms with Gasteiger partial charge in [-0.2, -0.15) is 0 Å². The molecule has 0 heterocycles. The minimum absolute atomic E-state index is 0.0382. The van der Waals surface area contributed by atoms with Crippen LogP contribution in [0.15, 0.2) is 29.2 Å². The van der Waals surface area contributed by atoms with Crippen molar-refractivity contribution in [2.45, 2.75) is 76.6 Å². The monoisotopic (exact) mass is 509 g/mol. The standard InChI is InChI=1S/C26H43NO3S2Si/c1-21(2)10-9-15-27-25(28)19-29-16-17-30-26(20-33(5,6)7)32-31-24-12-8-11-23(18-24)14-13-22(3)4/h8,11-12,18,21-22,26H,13-17,19-20H2,1-7H3,(H,27,28). The SMILES string of the molecule is CC(C)C#CCNC(=O)COCCOC(C[Si](C)(C)C)SSc1cccc(CCC(C)C)c1. The Hall–Kier alpha value is -0.913. The van der Waals surface area contributed by atoms with Crippen molar-refractivity contribution in [1.82, 2.24) is 5.32 Å². The van der Waals surface area contributed by atoms with Crippen LogP contribution in [0.25, 0.3) is 0 Å². The van der Waals surface area contributed by atoms with Crippen LogP contribution in [0, 0.1) is 23.7 Å². The van der Waals surface area contributed by atoms with Gasteiger partial charge in [0, 0.05) is 18.9 Å². The largest absolute Gasteiger partial charge is 0.369 e. The highest BCUT2D eigenvalue weighted by Gasteiger charge is 2.22. The zero-order valence-electron chi connectivity index (χ0n) is 21.5. The molecule has 1 N–H and O–H groups in total. The van der Waals surface area contributed by atoms with Gasteiger partial charge in [0.1, 0.15) is 12.0 Å². The van der Waals surface area contributed by atoms with Crippen molar-refractivity contribution in [3.8, 4) is 11.8 Å². The van der Waals surface area contributed by atoms with E-state index in [1.807, 2.05) is 13.8 Å². The highest BCUT2D eigenvalue weighted by Crippen LogP contribution is 2.38. The lowest BCUT2D eigenvalue weighted by molar-refractivity contribution is -0.126. The predicted molar refractivity (Wildman–Crippen MR) is 147 cm³/mol. The maximum atomic E-state index is 11.8. The summed E-state index contributed by atoms with van der Waals surface area (Å²) in [4.78, 5) is 13.1. The number of carbonyl (C=O) groups is 1. The Morgan fingerprint density at radius 3 is 2.58 bits per heavy atom. The quantitative estimate of drug-likeness (QED) is 0.0963. The van der Waals surface area contributed by atoms with Crippen LogP contribution in [0.3, 0.4) is 0 Å². The first kappa shape index (κ1) is 30.1. The second-order valence-electron chi connectivity index (χ2n) is 10.1. The molecule has 186 valence electrons. The van der Waals surface area contributed by atoms with Crippen LogP contribution >= 0.6 is 21.6 Å². The molecule has 1 aromatic rings. The van der Waals surface area contributed by atoms with Crippen molar-refractivity contribution in [3.05, 3.63) is 29.8 Å². The molecule has 0 aromatic heterocycles. The smallest absolute Gasteiger partial charge is 0.246 e. The van der Waals surface area contributed by atoms with Crippen molar-refractivity contribution >= 4 is 35.6 Å². The fourth-order valence-electron chi connectivity index (χ4n) is 2.79. The molecule has 0 saturated heterocycles. The number of rotatable bonds is 15. The first-order chi connectivity index (χ1) is 15.5. The Bertz CT molecular complexity index is 754. The van der Waals surface area contributed by atoms with Crippen LogP contribution in [-0.2, 0) is 20.7 Å². The molecule has 0 aliphatic heterocycles. The number of amides is 1. The van der Waals surface area contributed by atoms with E-state index in [9.17, 15) is 4.79 Å². The number of ether oxygens (including phenoxy) is 2. The second kappa shape index (κ2) is 16.7. The van der Waals surface area contributed by atoms with E-state index in [1.54, 1.807) is 21.6 Å². The van der Waals surface area contributed by atoms with E-state index in [0.717, 1.165) is 18.4 Å². The van der Waals surface area contributed by atoms with Gasteiger partial charge in [0.25, 0.3) is 0 Å². The fourth-order valence-corrected chi connectivity index (χ4v) is 8.13. The summed E-state index contributed by atoms with van der Waals surface area (Å²) in [7, 11) is 2.30. The first-order valence-corrected chi connectivity index (χ1v) is 17.8. The maximum Gasteiger partial charge on any atom is 0.246 e. The van der Waals surface area contributed by atoms with Crippen LogP contribution in [0.2, 0.25) is 25.7 Å². The third kappa shape index (κ3) is 17.2. The summed E-state index contributed by atoms with van der Waals surface area (Å²) in [5, 5.41) is 2.75. The summed E-state index contributed by atoms with van der Waals surface area (Å²) in [5.74, 6) is 6.84. The Morgan fingerprint density at radius 2 is 1.91 bits per heavy atom.